The number of ketones is 2. The average molecular weight is 300 g/mol. The first kappa shape index (κ1) is 11.3. The van der Waals surface area contributed by atoms with Crippen LogP contribution in [0.2, 0.25) is 0 Å². The van der Waals surface area contributed by atoms with Crippen LogP contribution in [0.5, 0.6) is 0 Å². The Morgan fingerprint density at radius 1 is 0.875 bits per heavy atom. The molecule has 0 heterocycles. The summed E-state index contributed by atoms with van der Waals surface area (Å²) in [5, 5.41) is 0.0766. The monoisotopic (exact) mass is 298 g/mol. The fraction of sp³-hybridized carbons (Fsp3) is 0.600. The maximum Gasteiger partial charge on any atom is 0.227 e. The van der Waals surface area contributed by atoms with Gasteiger partial charge in [0.15, 0.2) is 9.75 Å². The lowest BCUT2D eigenvalue weighted by Crippen LogP contribution is -2.70. The molecule has 0 unspecified atom stereocenters. The summed E-state index contributed by atoms with van der Waals surface area (Å²) in [7, 11) is 0. The first-order chi connectivity index (χ1) is 7.36. The molecule has 4 atom stereocenters. The summed E-state index contributed by atoms with van der Waals surface area (Å²) < 4.78 is 0. The average Bonchev–Trinajstić information content (AvgIpc) is 2.19. The number of carbonyl (C=O) groups is 2. The number of hydrogen-bond acceptors (Lipinski definition) is 2. The van der Waals surface area contributed by atoms with E-state index in [1.54, 1.807) is 0 Å². The lowest BCUT2D eigenvalue weighted by Gasteiger charge is -2.59. The Morgan fingerprint density at radius 2 is 1.19 bits per heavy atom. The van der Waals surface area contributed by atoms with Crippen LogP contribution < -0.4 is 0 Å². The fourth-order valence-electron chi connectivity index (χ4n) is 2.96. The van der Waals surface area contributed by atoms with Crippen LogP contribution >= 0.6 is 46.4 Å². The van der Waals surface area contributed by atoms with Gasteiger partial charge >= 0.3 is 0 Å². The Balaban J connectivity index is 2.35. The second-order valence-corrected chi connectivity index (χ2v) is 6.45. The molecule has 0 spiro atoms. The third-order valence-corrected chi connectivity index (χ3v) is 6.54. The van der Waals surface area contributed by atoms with E-state index in [0.29, 0.717) is 0 Å². The van der Waals surface area contributed by atoms with Gasteiger partial charge in [-0.25, -0.2) is 0 Å². The zero-order valence-electron chi connectivity index (χ0n) is 7.90. The van der Waals surface area contributed by atoms with E-state index in [9.17, 15) is 9.59 Å². The van der Waals surface area contributed by atoms with Gasteiger partial charge in [0.25, 0.3) is 0 Å². The van der Waals surface area contributed by atoms with Crippen LogP contribution in [0.1, 0.15) is 12.8 Å². The van der Waals surface area contributed by atoms with Gasteiger partial charge in [-0.2, -0.15) is 0 Å². The van der Waals surface area contributed by atoms with E-state index in [1.165, 1.54) is 0 Å². The SMILES string of the molecule is O=C1C(=O)[C@@]2(Cl)C(Cl)=C(Cl)[C@]1(Cl)[C@@H]1CC[C@@H]12. The number of hydrogen-bond donors (Lipinski definition) is 0. The first-order valence-electron chi connectivity index (χ1n) is 4.89. The molecule has 2 saturated carbocycles. The number of Topliss-reactive ketones (excluding diaryl/α,β-unsaturated/α-hetero) is 2. The van der Waals surface area contributed by atoms with Gasteiger partial charge in [0, 0.05) is 0 Å². The van der Waals surface area contributed by atoms with Crippen LogP contribution in [-0.2, 0) is 9.59 Å². The topological polar surface area (TPSA) is 34.1 Å². The zero-order valence-corrected chi connectivity index (χ0v) is 10.9. The highest BCUT2D eigenvalue weighted by atomic mass is 35.5. The molecule has 2 fully saturated rings. The van der Waals surface area contributed by atoms with E-state index in [0.717, 1.165) is 12.8 Å². The lowest BCUT2D eigenvalue weighted by molar-refractivity contribution is -0.147. The van der Waals surface area contributed by atoms with Gasteiger partial charge in [-0.15, -0.1) is 23.2 Å². The largest absolute Gasteiger partial charge is 0.288 e. The molecule has 2 nitrogen and oxygen atoms in total. The van der Waals surface area contributed by atoms with Gasteiger partial charge in [-0.1, -0.05) is 23.2 Å². The highest BCUT2D eigenvalue weighted by molar-refractivity contribution is 6.70. The van der Waals surface area contributed by atoms with Crippen molar-refractivity contribution in [2.75, 3.05) is 0 Å². The molecular formula is C10H6Cl4O2. The Hall–Kier alpha value is 0.240. The Morgan fingerprint density at radius 3 is 1.44 bits per heavy atom. The second kappa shape index (κ2) is 2.97. The number of carbonyl (C=O) groups excluding carboxylic acids is 2. The molecule has 0 saturated heterocycles. The molecule has 0 aromatic heterocycles. The summed E-state index contributed by atoms with van der Waals surface area (Å²) in [6.07, 6.45) is 1.50. The quantitative estimate of drug-likeness (QED) is 0.509. The van der Waals surface area contributed by atoms with Crippen molar-refractivity contribution in [2.45, 2.75) is 22.6 Å². The molecule has 4 aliphatic carbocycles. The summed E-state index contributed by atoms with van der Waals surface area (Å²) in [6, 6.07) is 0. The molecule has 16 heavy (non-hydrogen) atoms. The summed E-state index contributed by atoms with van der Waals surface area (Å²) >= 11 is 24.5. The predicted molar refractivity (Wildman–Crippen MR) is 62.1 cm³/mol. The molecule has 0 aliphatic heterocycles. The van der Waals surface area contributed by atoms with Gasteiger partial charge in [0.05, 0.1) is 10.1 Å². The number of halogens is 4. The summed E-state index contributed by atoms with van der Waals surface area (Å²) in [5.41, 5.74) is 0. The van der Waals surface area contributed by atoms with Gasteiger partial charge in [-0.3, -0.25) is 9.59 Å². The van der Waals surface area contributed by atoms with Gasteiger partial charge in [0.2, 0.25) is 11.6 Å². The highest BCUT2D eigenvalue weighted by Crippen LogP contribution is 2.67. The predicted octanol–water partition coefficient (Wildman–Crippen LogP) is 2.82. The van der Waals surface area contributed by atoms with E-state index in [1.807, 2.05) is 0 Å². The molecule has 0 aromatic rings. The van der Waals surface area contributed by atoms with Crippen LogP contribution in [0.15, 0.2) is 10.1 Å². The maximum absolute atomic E-state index is 11.9. The minimum absolute atomic E-state index is 0.0383. The standard InChI is InChI=1S/C10H6Cl4O2/c11-5-6(12)10(14)4-2-1-3(4)9(5,13)7(15)8(10)16/h3-4H,1-2H2/t3-,4+,9-,10+. The summed E-state index contributed by atoms with van der Waals surface area (Å²) in [6.45, 7) is 0. The van der Waals surface area contributed by atoms with Crippen molar-refractivity contribution < 1.29 is 9.59 Å². The van der Waals surface area contributed by atoms with Crippen molar-refractivity contribution >= 4 is 58.0 Å². The molecule has 2 bridgehead atoms. The first-order valence-corrected chi connectivity index (χ1v) is 6.40. The minimum atomic E-state index is -1.45. The van der Waals surface area contributed by atoms with Crippen molar-refractivity contribution in [3.8, 4) is 0 Å². The van der Waals surface area contributed by atoms with Crippen molar-refractivity contribution in [1.29, 1.82) is 0 Å². The van der Waals surface area contributed by atoms with Crippen LogP contribution in [0, 0.1) is 11.8 Å². The highest BCUT2D eigenvalue weighted by Gasteiger charge is 2.74. The molecule has 86 valence electrons. The van der Waals surface area contributed by atoms with Crippen molar-refractivity contribution in [3.05, 3.63) is 10.1 Å². The lowest BCUT2D eigenvalue weighted by atomic mass is 9.51. The van der Waals surface area contributed by atoms with Crippen molar-refractivity contribution in [2.24, 2.45) is 11.8 Å². The smallest absolute Gasteiger partial charge is 0.227 e. The van der Waals surface area contributed by atoms with E-state index >= 15 is 0 Å². The number of rotatable bonds is 0. The van der Waals surface area contributed by atoms with Crippen LogP contribution in [-0.4, -0.2) is 21.3 Å². The Bertz CT molecular complexity index is 429. The number of alkyl halides is 2. The molecule has 4 aliphatic rings. The van der Waals surface area contributed by atoms with E-state index < -0.39 is 21.3 Å². The Labute approximate surface area is 112 Å². The second-order valence-electron chi connectivity index (χ2n) is 4.50. The van der Waals surface area contributed by atoms with E-state index in [2.05, 4.69) is 0 Å². The van der Waals surface area contributed by atoms with E-state index in [4.69, 9.17) is 46.4 Å². The van der Waals surface area contributed by atoms with Crippen LogP contribution in [0.4, 0.5) is 0 Å². The number of fused-ring (bicyclic) bond motifs is 1. The van der Waals surface area contributed by atoms with Gasteiger partial charge in [0.1, 0.15) is 0 Å². The third kappa shape index (κ3) is 0.881. The third-order valence-electron chi connectivity index (χ3n) is 3.99. The van der Waals surface area contributed by atoms with Crippen LogP contribution in [0.3, 0.4) is 0 Å². The van der Waals surface area contributed by atoms with Crippen molar-refractivity contribution in [3.63, 3.8) is 0 Å². The van der Waals surface area contributed by atoms with E-state index in [-0.39, 0.29) is 21.9 Å². The number of allylic oxidation sites excluding steroid dienone is 2. The summed E-state index contributed by atoms with van der Waals surface area (Å²) in [4.78, 5) is 20.9. The molecule has 4 rings (SSSR count). The molecule has 0 radical (unpaired) electrons. The molecule has 0 N–H and O–H groups in total. The zero-order chi connectivity index (χ0) is 11.9. The molecule has 0 aromatic carbocycles. The summed E-state index contributed by atoms with van der Waals surface area (Å²) in [5.74, 6) is -1.74. The Kier molecular flexibility index (Phi) is 2.11. The molecular weight excluding hydrogens is 294 g/mol. The maximum atomic E-state index is 11.9. The fourth-order valence-corrected chi connectivity index (χ4v) is 4.69. The molecule has 6 heteroatoms. The molecule has 0 amide bonds. The van der Waals surface area contributed by atoms with Gasteiger partial charge < -0.3 is 0 Å². The normalized spacial score (nSPS) is 50.5. The minimum Gasteiger partial charge on any atom is -0.288 e. The van der Waals surface area contributed by atoms with Crippen LogP contribution in [0.25, 0.3) is 0 Å². The van der Waals surface area contributed by atoms with Crippen molar-refractivity contribution in [1.82, 2.24) is 0 Å². The van der Waals surface area contributed by atoms with Gasteiger partial charge in [-0.05, 0) is 24.7 Å².